The molecule has 2 aliphatic carbocycles. The molecule has 0 saturated heterocycles. The Labute approximate surface area is 119 Å². The van der Waals surface area contributed by atoms with Crippen LogP contribution < -0.4 is 5.32 Å². The Morgan fingerprint density at radius 1 is 1.40 bits per heavy atom. The molecule has 0 aromatic carbocycles. The molecule has 0 aliphatic heterocycles. The predicted molar refractivity (Wildman–Crippen MR) is 74.0 cm³/mol. The molecule has 0 radical (unpaired) electrons. The van der Waals surface area contributed by atoms with Crippen LogP contribution in [0.2, 0.25) is 0 Å². The quantitative estimate of drug-likeness (QED) is 0.810. The number of hydrogen-bond donors (Lipinski definition) is 1. The number of aromatic nitrogens is 2. The lowest BCUT2D eigenvalue weighted by Gasteiger charge is -2.05. The number of carbonyl (C=O) groups excluding carboxylic acids is 1. The van der Waals surface area contributed by atoms with Gasteiger partial charge >= 0.3 is 0 Å². The molecular weight excluding hydrogens is 254 g/mol. The zero-order chi connectivity index (χ0) is 14.1. The van der Waals surface area contributed by atoms with Crippen molar-refractivity contribution < 1.29 is 9.32 Å². The molecule has 2 saturated carbocycles. The first-order chi connectivity index (χ1) is 9.66. The Morgan fingerprint density at radius 2 is 2.15 bits per heavy atom. The molecule has 1 aromatic rings. The lowest BCUT2D eigenvalue weighted by molar-refractivity contribution is -0.123. The molecule has 5 nitrogen and oxygen atoms in total. The van der Waals surface area contributed by atoms with Crippen molar-refractivity contribution in [3.05, 3.63) is 11.7 Å². The van der Waals surface area contributed by atoms with Gasteiger partial charge in [0.2, 0.25) is 11.8 Å². The van der Waals surface area contributed by atoms with E-state index in [1.807, 2.05) is 13.8 Å². The van der Waals surface area contributed by atoms with E-state index in [4.69, 9.17) is 4.52 Å². The number of rotatable bonds is 6. The molecular formula is C15H23N3O2. The average Bonchev–Trinajstić information content (AvgIpc) is 2.85. The monoisotopic (exact) mass is 277 g/mol. The molecule has 5 heteroatoms. The first kappa shape index (κ1) is 13.6. The molecule has 20 heavy (non-hydrogen) atoms. The third-order valence-electron chi connectivity index (χ3n) is 4.58. The summed E-state index contributed by atoms with van der Waals surface area (Å²) >= 11 is 0. The molecule has 1 N–H and O–H groups in total. The highest BCUT2D eigenvalue weighted by atomic mass is 16.5. The molecule has 2 unspecified atom stereocenters. The summed E-state index contributed by atoms with van der Waals surface area (Å²) in [4.78, 5) is 16.3. The number of nitrogens with one attached hydrogen (secondary N) is 1. The zero-order valence-corrected chi connectivity index (χ0v) is 12.3. The van der Waals surface area contributed by atoms with E-state index in [1.54, 1.807) is 0 Å². The lowest BCUT2D eigenvalue weighted by atomic mass is 10.1. The van der Waals surface area contributed by atoms with Crippen LogP contribution in [-0.2, 0) is 11.2 Å². The molecule has 110 valence electrons. The van der Waals surface area contributed by atoms with Gasteiger partial charge in [0.15, 0.2) is 5.82 Å². The smallest absolute Gasteiger partial charge is 0.226 e. The second kappa shape index (κ2) is 5.54. The molecule has 1 amide bonds. The molecule has 1 aromatic heterocycles. The van der Waals surface area contributed by atoms with E-state index in [9.17, 15) is 4.79 Å². The number of carbonyl (C=O) groups is 1. The van der Waals surface area contributed by atoms with Gasteiger partial charge in [0.1, 0.15) is 0 Å². The van der Waals surface area contributed by atoms with E-state index in [2.05, 4.69) is 15.5 Å². The summed E-state index contributed by atoms with van der Waals surface area (Å²) in [6, 6.07) is 0. The number of nitrogens with zero attached hydrogens (tertiary/aromatic N) is 2. The standard InChI is InChI=1S/C15H23N3O2/c1-9(2)14-17-12(20-18-14)7-4-8-16-15(19)13-10-5-3-6-11(10)13/h9-11,13H,3-8H2,1-2H3,(H,16,19). The molecule has 2 fully saturated rings. The van der Waals surface area contributed by atoms with Crippen LogP contribution in [-0.4, -0.2) is 22.6 Å². The predicted octanol–water partition coefficient (Wildman–Crippen LogP) is 2.29. The highest BCUT2D eigenvalue weighted by Crippen LogP contribution is 2.57. The van der Waals surface area contributed by atoms with Crippen molar-refractivity contribution in [2.75, 3.05) is 6.54 Å². The van der Waals surface area contributed by atoms with E-state index in [0.717, 1.165) is 18.7 Å². The molecule has 0 spiro atoms. The summed E-state index contributed by atoms with van der Waals surface area (Å²) in [5.74, 6) is 3.69. The third kappa shape index (κ3) is 2.72. The first-order valence-corrected chi connectivity index (χ1v) is 7.77. The fourth-order valence-corrected chi connectivity index (χ4v) is 3.38. The zero-order valence-electron chi connectivity index (χ0n) is 12.3. The summed E-state index contributed by atoms with van der Waals surface area (Å²) in [6.45, 7) is 4.79. The molecule has 2 atom stereocenters. The maximum absolute atomic E-state index is 12.0. The SMILES string of the molecule is CC(C)c1noc(CCCNC(=O)C2C3CCCC32)n1. The molecule has 2 aliphatic rings. The van der Waals surface area contributed by atoms with Gasteiger partial charge in [-0.05, 0) is 31.1 Å². The average molecular weight is 277 g/mol. The van der Waals surface area contributed by atoms with Crippen molar-refractivity contribution in [3.8, 4) is 0 Å². The topological polar surface area (TPSA) is 68.0 Å². The minimum atomic E-state index is 0.257. The van der Waals surface area contributed by atoms with Crippen LogP contribution in [0.5, 0.6) is 0 Å². The van der Waals surface area contributed by atoms with Gasteiger partial charge in [-0.2, -0.15) is 4.98 Å². The number of amides is 1. The van der Waals surface area contributed by atoms with E-state index < -0.39 is 0 Å². The van der Waals surface area contributed by atoms with Crippen molar-refractivity contribution in [1.82, 2.24) is 15.5 Å². The van der Waals surface area contributed by atoms with Gasteiger partial charge in [0.05, 0.1) is 0 Å². The van der Waals surface area contributed by atoms with E-state index in [1.165, 1.54) is 19.3 Å². The van der Waals surface area contributed by atoms with Gasteiger partial charge < -0.3 is 9.84 Å². The maximum Gasteiger partial charge on any atom is 0.226 e. The van der Waals surface area contributed by atoms with Crippen molar-refractivity contribution in [3.63, 3.8) is 0 Å². The minimum absolute atomic E-state index is 0.257. The summed E-state index contributed by atoms with van der Waals surface area (Å²) in [5, 5.41) is 6.98. The van der Waals surface area contributed by atoms with Crippen molar-refractivity contribution in [2.24, 2.45) is 17.8 Å². The van der Waals surface area contributed by atoms with Gasteiger partial charge in [-0.15, -0.1) is 0 Å². The van der Waals surface area contributed by atoms with Gasteiger partial charge in [-0.25, -0.2) is 0 Å². The Bertz CT molecular complexity index is 473. The summed E-state index contributed by atoms with van der Waals surface area (Å²) < 4.78 is 5.18. The van der Waals surface area contributed by atoms with Gasteiger partial charge in [-0.1, -0.05) is 25.4 Å². The van der Waals surface area contributed by atoms with Crippen molar-refractivity contribution >= 4 is 5.91 Å². The Balaban J connectivity index is 1.35. The molecule has 0 bridgehead atoms. The van der Waals surface area contributed by atoms with Crippen LogP contribution in [0.3, 0.4) is 0 Å². The Kier molecular flexibility index (Phi) is 3.76. The van der Waals surface area contributed by atoms with Crippen LogP contribution in [0.25, 0.3) is 0 Å². The fourth-order valence-electron chi connectivity index (χ4n) is 3.38. The first-order valence-electron chi connectivity index (χ1n) is 7.77. The summed E-state index contributed by atoms with van der Waals surface area (Å²) in [7, 11) is 0. The third-order valence-corrected chi connectivity index (χ3v) is 4.58. The van der Waals surface area contributed by atoms with E-state index in [-0.39, 0.29) is 5.91 Å². The highest BCUT2D eigenvalue weighted by Gasteiger charge is 2.56. The summed E-state index contributed by atoms with van der Waals surface area (Å²) in [6.07, 6.45) is 5.41. The lowest BCUT2D eigenvalue weighted by Crippen LogP contribution is -2.27. The van der Waals surface area contributed by atoms with Crippen molar-refractivity contribution in [1.29, 1.82) is 0 Å². The molecule has 1 heterocycles. The highest BCUT2D eigenvalue weighted by molar-refractivity contribution is 5.82. The second-order valence-electron chi connectivity index (χ2n) is 6.38. The van der Waals surface area contributed by atoms with E-state index in [0.29, 0.717) is 36.1 Å². The van der Waals surface area contributed by atoms with Crippen LogP contribution in [0.4, 0.5) is 0 Å². The van der Waals surface area contributed by atoms with Crippen molar-refractivity contribution in [2.45, 2.75) is 51.9 Å². The minimum Gasteiger partial charge on any atom is -0.356 e. The Hall–Kier alpha value is -1.39. The van der Waals surface area contributed by atoms with Gasteiger partial charge in [0, 0.05) is 24.8 Å². The number of hydrogen-bond acceptors (Lipinski definition) is 4. The number of aryl methyl sites for hydroxylation is 1. The van der Waals surface area contributed by atoms with Crippen LogP contribution in [0.15, 0.2) is 4.52 Å². The van der Waals surface area contributed by atoms with Gasteiger partial charge in [0.25, 0.3) is 0 Å². The van der Waals surface area contributed by atoms with E-state index >= 15 is 0 Å². The Morgan fingerprint density at radius 3 is 2.80 bits per heavy atom. The fraction of sp³-hybridized carbons (Fsp3) is 0.800. The number of fused-ring (bicyclic) bond motifs is 1. The maximum atomic E-state index is 12.0. The second-order valence-corrected chi connectivity index (χ2v) is 6.38. The largest absolute Gasteiger partial charge is 0.356 e. The van der Waals surface area contributed by atoms with Gasteiger partial charge in [-0.3, -0.25) is 4.79 Å². The normalized spacial score (nSPS) is 27.6. The molecule has 3 rings (SSSR count). The summed E-state index contributed by atoms with van der Waals surface area (Å²) in [5.41, 5.74) is 0. The van der Waals surface area contributed by atoms with Crippen LogP contribution >= 0.6 is 0 Å². The van der Waals surface area contributed by atoms with Crippen LogP contribution in [0.1, 0.15) is 57.2 Å². The van der Waals surface area contributed by atoms with Crippen LogP contribution in [0, 0.1) is 17.8 Å².